The third-order valence-electron chi connectivity index (χ3n) is 4.48. The van der Waals surface area contributed by atoms with Crippen LogP contribution in [0.1, 0.15) is 32.6 Å². The van der Waals surface area contributed by atoms with Crippen LogP contribution in [-0.4, -0.2) is 59.5 Å². The lowest BCUT2D eigenvalue weighted by Gasteiger charge is -2.35. The molecule has 0 bridgehead atoms. The van der Waals surface area contributed by atoms with Gasteiger partial charge < -0.3 is 9.80 Å². The normalized spacial score (nSPS) is 26.5. The predicted molar refractivity (Wildman–Crippen MR) is 94.8 cm³/mol. The van der Waals surface area contributed by atoms with Gasteiger partial charge >= 0.3 is 0 Å². The number of halogens is 1. The van der Waals surface area contributed by atoms with Gasteiger partial charge in [0.25, 0.3) is 0 Å². The number of hydrogen-bond donors (Lipinski definition) is 0. The maximum Gasteiger partial charge on any atom is 0.225 e. The van der Waals surface area contributed by atoms with E-state index in [1.165, 1.54) is 9.80 Å². The summed E-state index contributed by atoms with van der Waals surface area (Å²) in [4.78, 5) is 40.0. The van der Waals surface area contributed by atoms with Crippen LogP contribution in [-0.2, 0) is 14.4 Å². The van der Waals surface area contributed by atoms with Crippen molar-refractivity contribution in [3.05, 3.63) is 0 Å². The Hall–Kier alpha value is -0.660. The van der Waals surface area contributed by atoms with E-state index in [0.29, 0.717) is 18.8 Å². The fourth-order valence-electron chi connectivity index (χ4n) is 2.95. The number of rotatable bonds is 5. The number of Topliss-reactive ketones (excluding diaryl/α,β-unsaturated/α-hetero) is 1. The average molecular weight is 422 g/mol. The Morgan fingerprint density at radius 3 is 2.27 bits per heavy atom. The highest BCUT2D eigenvalue weighted by Crippen LogP contribution is 2.37. The molecule has 1 rings (SSSR count). The van der Waals surface area contributed by atoms with Gasteiger partial charge in [-0.2, -0.15) is 0 Å². The minimum Gasteiger partial charge on any atom is -0.349 e. The van der Waals surface area contributed by atoms with Gasteiger partial charge in [-0.05, 0) is 25.2 Å². The lowest BCUT2D eigenvalue weighted by atomic mass is 9.73. The van der Waals surface area contributed by atoms with E-state index in [1.807, 2.05) is 0 Å². The van der Waals surface area contributed by atoms with E-state index in [9.17, 15) is 14.4 Å². The molecule has 4 unspecified atom stereocenters. The molecule has 6 heteroatoms. The lowest BCUT2D eigenvalue weighted by molar-refractivity contribution is -0.141. The molecule has 1 aliphatic rings. The molecular formula is C16H27IN2O3. The third-order valence-corrected chi connectivity index (χ3v) is 6.32. The molecule has 1 fully saturated rings. The van der Waals surface area contributed by atoms with Crippen molar-refractivity contribution in [3.63, 3.8) is 0 Å². The highest BCUT2D eigenvalue weighted by Gasteiger charge is 2.41. The summed E-state index contributed by atoms with van der Waals surface area (Å²) in [6.45, 7) is 2.09. The SMILES string of the molecule is CC1CCC(C(CCC(=O)N(C)C)C(=O)N(C)C)C(=O)C1I. The van der Waals surface area contributed by atoms with Gasteiger partial charge in [-0.25, -0.2) is 0 Å². The van der Waals surface area contributed by atoms with E-state index in [2.05, 4.69) is 29.5 Å². The average Bonchev–Trinajstić information content (AvgIpc) is 2.45. The van der Waals surface area contributed by atoms with Crippen molar-refractivity contribution < 1.29 is 14.4 Å². The Balaban J connectivity index is 2.88. The van der Waals surface area contributed by atoms with Crippen molar-refractivity contribution in [1.29, 1.82) is 0 Å². The van der Waals surface area contributed by atoms with Crippen LogP contribution in [0, 0.1) is 17.8 Å². The number of alkyl halides is 1. The summed E-state index contributed by atoms with van der Waals surface area (Å²) in [6, 6.07) is 0. The maximum atomic E-state index is 12.6. The highest BCUT2D eigenvalue weighted by atomic mass is 127. The number of carbonyl (C=O) groups excluding carboxylic acids is 3. The van der Waals surface area contributed by atoms with Gasteiger partial charge in [-0.1, -0.05) is 29.5 Å². The van der Waals surface area contributed by atoms with Gasteiger partial charge in [-0.3, -0.25) is 14.4 Å². The van der Waals surface area contributed by atoms with Gasteiger partial charge in [0.15, 0.2) is 0 Å². The molecule has 0 saturated heterocycles. The molecule has 5 nitrogen and oxygen atoms in total. The Labute approximate surface area is 146 Å². The fraction of sp³-hybridized carbons (Fsp3) is 0.812. The summed E-state index contributed by atoms with van der Waals surface area (Å²) in [5.41, 5.74) is 0. The number of nitrogens with zero attached hydrogens (tertiary/aromatic N) is 2. The molecule has 126 valence electrons. The van der Waals surface area contributed by atoms with Gasteiger partial charge in [-0.15, -0.1) is 0 Å². The standard InChI is InChI=1S/C16H27IN2O3/c1-10-6-7-11(15(21)14(10)17)12(16(22)19(4)5)8-9-13(20)18(2)3/h10-12,14H,6-9H2,1-5H3. The first-order valence-corrected chi connectivity index (χ1v) is 9.00. The molecule has 1 saturated carbocycles. The Bertz CT molecular complexity index is 437. The monoisotopic (exact) mass is 422 g/mol. The molecular weight excluding hydrogens is 395 g/mol. The van der Waals surface area contributed by atoms with Crippen molar-refractivity contribution >= 4 is 40.2 Å². The molecule has 1 aliphatic carbocycles. The smallest absolute Gasteiger partial charge is 0.225 e. The van der Waals surface area contributed by atoms with Crippen molar-refractivity contribution in [2.75, 3.05) is 28.2 Å². The Kier molecular flexibility index (Phi) is 7.28. The first-order chi connectivity index (χ1) is 10.2. The molecule has 22 heavy (non-hydrogen) atoms. The van der Waals surface area contributed by atoms with Crippen molar-refractivity contribution in [2.45, 2.75) is 36.5 Å². The highest BCUT2D eigenvalue weighted by molar-refractivity contribution is 14.1. The second kappa shape index (κ2) is 8.26. The van der Waals surface area contributed by atoms with Crippen molar-refractivity contribution in [1.82, 2.24) is 9.80 Å². The largest absolute Gasteiger partial charge is 0.349 e. The zero-order valence-electron chi connectivity index (χ0n) is 14.1. The fourth-order valence-corrected chi connectivity index (χ4v) is 3.77. The second-order valence-electron chi connectivity index (χ2n) is 6.63. The molecule has 2 amide bonds. The summed E-state index contributed by atoms with van der Waals surface area (Å²) in [5, 5.41) is 0. The predicted octanol–water partition coefficient (Wildman–Crippen LogP) is 1.98. The van der Waals surface area contributed by atoms with Crippen LogP contribution >= 0.6 is 22.6 Å². The first kappa shape index (κ1) is 19.4. The molecule has 0 radical (unpaired) electrons. The van der Waals surface area contributed by atoms with Crippen molar-refractivity contribution in [2.24, 2.45) is 17.8 Å². The van der Waals surface area contributed by atoms with Crippen LogP contribution in [0.3, 0.4) is 0 Å². The molecule has 0 aliphatic heterocycles. The zero-order valence-corrected chi connectivity index (χ0v) is 16.3. The summed E-state index contributed by atoms with van der Waals surface area (Å²) in [5.74, 6) is -0.124. The van der Waals surface area contributed by atoms with E-state index in [1.54, 1.807) is 28.2 Å². The van der Waals surface area contributed by atoms with E-state index in [0.717, 1.165) is 12.8 Å². The van der Waals surface area contributed by atoms with Crippen LogP contribution in [0.4, 0.5) is 0 Å². The van der Waals surface area contributed by atoms with E-state index in [-0.39, 0.29) is 33.4 Å². The number of hydrogen-bond acceptors (Lipinski definition) is 3. The molecule has 0 heterocycles. The lowest BCUT2D eigenvalue weighted by Crippen LogP contribution is -2.44. The molecule has 4 atom stereocenters. The molecule has 0 aromatic heterocycles. The summed E-state index contributed by atoms with van der Waals surface area (Å²) >= 11 is 2.20. The van der Waals surface area contributed by atoms with Crippen LogP contribution in [0.15, 0.2) is 0 Å². The molecule has 0 spiro atoms. The summed E-state index contributed by atoms with van der Waals surface area (Å²) in [6.07, 6.45) is 2.47. The van der Waals surface area contributed by atoms with E-state index >= 15 is 0 Å². The Morgan fingerprint density at radius 2 is 1.77 bits per heavy atom. The number of carbonyl (C=O) groups is 3. The van der Waals surface area contributed by atoms with Crippen LogP contribution in [0.5, 0.6) is 0 Å². The molecule has 0 aromatic carbocycles. The quantitative estimate of drug-likeness (QED) is 0.503. The van der Waals surface area contributed by atoms with Crippen LogP contribution in [0.25, 0.3) is 0 Å². The van der Waals surface area contributed by atoms with Crippen LogP contribution in [0.2, 0.25) is 0 Å². The van der Waals surface area contributed by atoms with E-state index < -0.39 is 0 Å². The molecule has 0 aromatic rings. The first-order valence-electron chi connectivity index (χ1n) is 7.75. The zero-order chi connectivity index (χ0) is 17.0. The number of ketones is 1. The van der Waals surface area contributed by atoms with E-state index in [4.69, 9.17) is 0 Å². The third kappa shape index (κ3) is 4.67. The van der Waals surface area contributed by atoms with Crippen LogP contribution < -0.4 is 0 Å². The topological polar surface area (TPSA) is 57.7 Å². The van der Waals surface area contributed by atoms with Gasteiger partial charge in [0.1, 0.15) is 5.78 Å². The van der Waals surface area contributed by atoms with Gasteiger partial charge in [0.05, 0.1) is 3.92 Å². The minimum atomic E-state index is -0.379. The van der Waals surface area contributed by atoms with Crippen molar-refractivity contribution in [3.8, 4) is 0 Å². The second-order valence-corrected chi connectivity index (χ2v) is 7.97. The number of amides is 2. The minimum absolute atomic E-state index is 0.000735. The maximum absolute atomic E-state index is 12.6. The van der Waals surface area contributed by atoms with Gasteiger partial charge in [0.2, 0.25) is 11.8 Å². The summed E-state index contributed by atoms with van der Waals surface area (Å²) in [7, 11) is 6.83. The summed E-state index contributed by atoms with van der Waals surface area (Å²) < 4.78 is -0.0293. The van der Waals surface area contributed by atoms with Gasteiger partial charge in [0, 0.05) is 46.4 Å². The Morgan fingerprint density at radius 1 is 1.18 bits per heavy atom. The molecule has 0 N–H and O–H groups in total.